The van der Waals surface area contributed by atoms with Crippen LogP contribution in [0.2, 0.25) is 0 Å². The lowest BCUT2D eigenvalue weighted by atomic mass is 9.97. The predicted octanol–water partition coefficient (Wildman–Crippen LogP) is 3.17. The molecule has 1 saturated carbocycles. The molecule has 3 rings (SSSR count). The molecule has 21 heavy (non-hydrogen) atoms. The molecule has 1 aromatic heterocycles. The number of nitrogens with zero attached hydrogens (tertiary/aromatic N) is 1. The van der Waals surface area contributed by atoms with Gasteiger partial charge in [-0.25, -0.2) is 0 Å². The summed E-state index contributed by atoms with van der Waals surface area (Å²) in [5, 5.41) is 5.44. The van der Waals surface area contributed by atoms with Crippen LogP contribution in [0.1, 0.15) is 32.6 Å². The van der Waals surface area contributed by atoms with Gasteiger partial charge in [0.2, 0.25) is 0 Å². The van der Waals surface area contributed by atoms with E-state index in [1.165, 1.54) is 25.7 Å². The van der Waals surface area contributed by atoms with E-state index in [-0.39, 0.29) is 5.56 Å². The molecule has 0 saturated heterocycles. The number of benzene rings is 1. The molecular weight excluding hydrogens is 260 g/mol. The summed E-state index contributed by atoms with van der Waals surface area (Å²) in [6.45, 7) is 3.89. The van der Waals surface area contributed by atoms with Crippen molar-refractivity contribution in [3.8, 4) is 0 Å². The number of hydrogen-bond acceptors (Lipinski definition) is 2. The lowest BCUT2D eigenvalue weighted by molar-refractivity contribution is 0.325. The van der Waals surface area contributed by atoms with E-state index in [1.54, 1.807) is 0 Å². The van der Waals surface area contributed by atoms with Crippen molar-refractivity contribution in [3.05, 3.63) is 46.9 Å². The second-order valence-corrected chi connectivity index (χ2v) is 6.07. The highest BCUT2D eigenvalue weighted by Crippen LogP contribution is 2.28. The van der Waals surface area contributed by atoms with E-state index in [0.29, 0.717) is 12.0 Å². The van der Waals surface area contributed by atoms with Gasteiger partial charge in [0.25, 0.3) is 5.56 Å². The average Bonchev–Trinajstić information content (AvgIpc) is 3.04. The Balaban J connectivity index is 1.88. The molecule has 0 aliphatic heterocycles. The molecule has 1 aliphatic rings. The highest BCUT2D eigenvalue weighted by molar-refractivity contribution is 5.81. The number of aromatic nitrogens is 1. The Labute approximate surface area is 126 Å². The molecule has 1 aromatic carbocycles. The van der Waals surface area contributed by atoms with Crippen LogP contribution in [0.15, 0.2) is 41.3 Å². The first kappa shape index (κ1) is 14.3. The van der Waals surface area contributed by atoms with E-state index in [4.69, 9.17) is 0 Å². The van der Waals surface area contributed by atoms with Crippen molar-refractivity contribution in [3.63, 3.8) is 0 Å². The van der Waals surface area contributed by atoms with Gasteiger partial charge in [-0.15, -0.1) is 0 Å². The minimum absolute atomic E-state index is 0.133. The van der Waals surface area contributed by atoms with Gasteiger partial charge in [0.15, 0.2) is 0 Å². The summed E-state index contributed by atoms with van der Waals surface area (Å²) < 4.78 is 1.88. The Kier molecular flexibility index (Phi) is 4.39. The van der Waals surface area contributed by atoms with Crippen LogP contribution in [0, 0.1) is 5.92 Å². The third-order valence-corrected chi connectivity index (χ3v) is 4.71. The summed E-state index contributed by atoms with van der Waals surface area (Å²) in [5.41, 5.74) is 0.133. The predicted molar refractivity (Wildman–Crippen MR) is 87.6 cm³/mol. The Bertz CT molecular complexity index is 656. The molecule has 0 bridgehead atoms. The molecule has 0 amide bonds. The molecule has 0 spiro atoms. The summed E-state index contributed by atoms with van der Waals surface area (Å²) in [6, 6.07) is 10.3. The molecular formula is C18H24N2O. The second kappa shape index (κ2) is 6.44. The van der Waals surface area contributed by atoms with Crippen LogP contribution in [-0.4, -0.2) is 17.2 Å². The van der Waals surface area contributed by atoms with E-state index in [2.05, 4.69) is 12.2 Å². The molecule has 112 valence electrons. The minimum Gasteiger partial charge on any atom is -0.313 e. The zero-order valence-corrected chi connectivity index (χ0v) is 12.7. The molecule has 3 heteroatoms. The van der Waals surface area contributed by atoms with E-state index in [9.17, 15) is 4.79 Å². The van der Waals surface area contributed by atoms with Crippen LogP contribution in [0.25, 0.3) is 10.8 Å². The van der Waals surface area contributed by atoms with Crippen LogP contribution in [0.4, 0.5) is 0 Å². The Morgan fingerprint density at radius 3 is 2.76 bits per heavy atom. The number of likely N-dealkylation sites (N-methyl/N-ethyl adjacent to an activating group) is 1. The van der Waals surface area contributed by atoms with Gasteiger partial charge in [-0.2, -0.15) is 0 Å². The normalized spacial score (nSPS) is 17.4. The average molecular weight is 284 g/mol. The monoisotopic (exact) mass is 284 g/mol. The third-order valence-electron chi connectivity index (χ3n) is 4.71. The summed E-state index contributed by atoms with van der Waals surface area (Å²) in [4.78, 5) is 12.6. The maximum absolute atomic E-state index is 12.6. The van der Waals surface area contributed by atoms with Crippen LogP contribution in [0.5, 0.6) is 0 Å². The standard InChI is InChI=1S/C18H24N2O/c1-2-19-17(15-8-3-4-9-15)13-20-12-11-14-7-5-6-10-16(14)18(20)21/h5-7,10-12,15,17,19H,2-4,8-9,13H2,1H3. The SMILES string of the molecule is CCNC(Cn1ccc2ccccc2c1=O)C1CCCC1. The number of fused-ring (bicyclic) bond motifs is 1. The van der Waals surface area contributed by atoms with Crippen molar-refractivity contribution in [2.75, 3.05) is 6.54 Å². The first-order valence-corrected chi connectivity index (χ1v) is 8.11. The van der Waals surface area contributed by atoms with Gasteiger partial charge in [-0.3, -0.25) is 4.79 Å². The summed E-state index contributed by atoms with van der Waals surface area (Å²) in [5.74, 6) is 0.711. The zero-order valence-electron chi connectivity index (χ0n) is 12.7. The molecule has 1 heterocycles. The van der Waals surface area contributed by atoms with Gasteiger partial charge >= 0.3 is 0 Å². The maximum atomic E-state index is 12.6. The minimum atomic E-state index is 0.133. The number of nitrogens with one attached hydrogen (secondary N) is 1. The van der Waals surface area contributed by atoms with Crippen molar-refractivity contribution < 1.29 is 0 Å². The summed E-state index contributed by atoms with van der Waals surface area (Å²) in [7, 11) is 0. The van der Waals surface area contributed by atoms with Crippen LogP contribution >= 0.6 is 0 Å². The van der Waals surface area contributed by atoms with Crippen molar-refractivity contribution in [1.29, 1.82) is 0 Å². The third kappa shape index (κ3) is 3.03. The molecule has 1 N–H and O–H groups in total. The smallest absolute Gasteiger partial charge is 0.258 e. The highest BCUT2D eigenvalue weighted by Gasteiger charge is 2.24. The number of hydrogen-bond donors (Lipinski definition) is 1. The molecule has 0 radical (unpaired) electrons. The number of rotatable bonds is 5. The van der Waals surface area contributed by atoms with Crippen molar-refractivity contribution in [2.45, 2.75) is 45.2 Å². The molecule has 1 fully saturated rings. The Morgan fingerprint density at radius 1 is 1.24 bits per heavy atom. The summed E-state index contributed by atoms with van der Waals surface area (Å²) in [6.07, 6.45) is 7.20. The van der Waals surface area contributed by atoms with Crippen LogP contribution in [0.3, 0.4) is 0 Å². The maximum Gasteiger partial charge on any atom is 0.258 e. The highest BCUT2D eigenvalue weighted by atomic mass is 16.1. The van der Waals surface area contributed by atoms with Gasteiger partial charge < -0.3 is 9.88 Å². The molecule has 3 nitrogen and oxygen atoms in total. The van der Waals surface area contributed by atoms with Gasteiger partial charge in [-0.1, -0.05) is 38.0 Å². The molecule has 1 atom stereocenters. The van der Waals surface area contributed by atoms with Gasteiger partial charge in [0.05, 0.1) is 0 Å². The summed E-state index contributed by atoms with van der Waals surface area (Å²) >= 11 is 0. The topological polar surface area (TPSA) is 34.0 Å². The fourth-order valence-electron chi connectivity index (χ4n) is 3.59. The van der Waals surface area contributed by atoms with Crippen LogP contribution in [-0.2, 0) is 6.54 Å². The fourth-order valence-corrected chi connectivity index (χ4v) is 3.59. The van der Waals surface area contributed by atoms with Crippen molar-refractivity contribution in [2.24, 2.45) is 5.92 Å². The van der Waals surface area contributed by atoms with E-state index in [0.717, 1.165) is 23.9 Å². The quantitative estimate of drug-likeness (QED) is 0.915. The number of pyridine rings is 1. The zero-order chi connectivity index (χ0) is 14.7. The molecule has 1 unspecified atom stereocenters. The first-order chi connectivity index (χ1) is 10.3. The first-order valence-electron chi connectivity index (χ1n) is 8.11. The van der Waals surface area contributed by atoms with Gasteiger partial charge in [0.1, 0.15) is 0 Å². The van der Waals surface area contributed by atoms with Crippen molar-refractivity contribution in [1.82, 2.24) is 9.88 Å². The van der Waals surface area contributed by atoms with Gasteiger partial charge in [0, 0.05) is 24.2 Å². The van der Waals surface area contributed by atoms with E-state index >= 15 is 0 Å². The lowest BCUT2D eigenvalue weighted by Crippen LogP contribution is -2.41. The largest absolute Gasteiger partial charge is 0.313 e. The Hall–Kier alpha value is -1.61. The lowest BCUT2D eigenvalue weighted by Gasteiger charge is -2.25. The molecule has 1 aliphatic carbocycles. The van der Waals surface area contributed by atoms with E-state index < -0.39 is 0 Å². The fraction of sp³-hybridized carbons (Fsp3) is 0.500. The van der Waals surface area contributed by atoms with Crippen LogP contribution < -0.4 is 10.9 Å². The van der Waals surface area contributed by atoms with Gasteiger partial charge in [-0.05, 0) is 42.8 Å². The van der Waals surface area contributed by atoms with E-state index in [1.807, 2.05) is 41.1 Å². The van der Waals surface area contributed by atoms with Crippen molar-refractivity contribution >= 4 is 10.8 Å². The Morgan fingerprint density at radius 2 is 2.00 bits per heavy atom. The second-order valence-electron chi connectivity index (χ2n) is 6.07. The molecule has 2 aromatic rings.